The van der Waals surface area contributed by atoms with E-state index in [1.54, 1.807) is 0 Å². The summed E-state index contributed by atoms with van der Waals surface area (Å²) in [7, 11) is 0. The van der Waals surface area contributed by atoms with Crippen LogP contribution in [-0.4, -0.2) is 23.8 Å². The molecule has 0 heterocycles. The van der Waals surface area contributed by atoms with Gasteiger partial charge in [-0.1, -0.05) is 63.3 Å². The summed E-state index contributed by atoms with van der Waals surface area (Å²) < 4.78 is 0. The Hall–Kier alpha value is -0.900. The van der Waals surface area contributed by atoms with Crippen LogP contribution in [0.25, 0.3) is 0 Å². The van der Waals surface area contributed by atoms with Gasteiger partial charge < -0.3 is 16.2 Å². The number of nitrogens with one attached hydrogen (secondary N) is 1. The minimum atomic E-state index is -0.544. The van der Waals surface area contributed by atoms with E-state index in [0.717, 1.165) is 6.54 Å². The van der Waals surface area contributed by atoms with Gasteiger partial charge in [0.1, 0.15) is 0 Å². The number of nitrogens with two attached hydrogens (primary N) is 1. The normalized spacial score (nSPS) is 14.0. The highest BCUT2D eigenvalue weighted by Crippen LogP contribution is 2.11. The predicted molar refractivity (Wildman–Crippen MR) is 94.9 cm³/mol. The van der Waals surface area contributed by atoms with Gasteiger partial charge in [0.25, 0.3) is 0 Å². The van der Waals surface area contributed by atoms with E-state index in [2.05, 4.69) is 36.5 Å². The number of aliphatic hydroxyl groups is 1. The van der Waals surface area contributed by atoms with Crippen LogP contribution in [0.5, 0.6) is 0 Å². The number of benzene rings is 1. The fourth-order valence-electron chi connectivity index (χ4n) is 2.48. The minimum absolute atomic E-state index is 0.00278. The molecular formula is C19H34N2O. The van der Waals surface area contributed by atoms with E-state index in [1.807, 2.05) is 6.92 Å². The van der Waals surface area contributed by atoms with Crippen LogP contribution < -0.4 is 11.1 Å². The van der Waals surface area contributed by atoms with Gasteiger partial charge >= 0.3 is 0 Å². The molecular weight excluding hydrogens is 272 g/mol. The molecule has 0 amide bonds. The van der Waals surface area contributed by atoms with Gasteiger partial charge in [0.2, 0.25) is 0 Å². The highest BCUT2D eigenvalue weighted by molar-refractivity contribution is 5.22. The topological polar surface area (TPSA) is 58.3 Å². The SMILES string of the molecule is CCCCCCCCc1ccc(CNCC(C)(N)CO)cc1. The standard InChI is InChI=1S/C19H34N2O/c1-3-4-5-6-7-8-9-17-10-12-18(13-11-17)14-21-15-19(2,20)16-22/h10-13,21-22H,3-9,14-16,20H2,1-2H3. The largest absolute Gasteiger partial charge is 0.394 e. The van der Waals surface area contributed by atoms with E-state index in [1.165, 1.54) is 56.1 Å². The Morgan fingerprint density at radius 2 is 1.59 bits per heavy atom. The van der Waals surface area contributed by atoms with E-state index in [0.29, 0.717) is 6.54 Å². The second-order valence-corrected chi connectivity index (χ2v) is 6.75. The second-order valence-electron chi connectivity index (χ2n) is 6.75. The zero-order chi connectivity index (χ0) is 16.3. The Balaban J connectivity index is 2.20. The first-order chi connectivity index (χ1) is 10.6. The summed E-state index contributed by atoms with van der Waals surface area (Å²) in [5.74, 6) is 0. The van der Waals surface area contributed by atoms with Crippen molar-refractivity contribution in [2.45, 2.75) is 70.9 Å². The maximum Gasteiger partial charge on any atom is 0.0620 e. The Bertz CT molecular complexity index is 387. The number of aryl methyl sites for hydroxylation is 1. The minimum Gasteiger partial charge on any atom is -0.394 e. The van der Waals surface area contributed by atoms with Gasteiger partial charge in [0.15, 0.2) is 0 Å². The van der Waals surface area contributed by atoms with E-state index >= 15 is 0 Å². The van der Waals surface area contributed by atoms with Gasteiger partial charge in [-0.2, -0.15) is 0 Å². The maximum atomic E-state index is 9.11. The van der Waals surface area contributed by atoms with Crippen molar-refractivity contribution < 1.29 is 5.11 Å². The first-order valence-corrected chi connectivity index (χ1v) is 8.75. The lowest BCUT2D eigenvalue weighted by molar-refractivity contribution is 0.205. The van der Waals surface area contributed by atoms with Crippen LogP contribution in [0.15, 0.2) is 24.3 Å². The molecule has 3 nitrogen and oxygen atoms in total. The Morgan fingerprint density at radius 3 is 2.23 bits per heavy atom. The van der Waals surface area contributed by atoms with Crippen molar-refractivity contribution in [2.24, 2.45) is 5.73 Å². The molecule has 1 rings (SSSR count). The molecule has 126 valence electrons. The fraction of sp³-hybridized carbons (Fsp3) is 0.684. The highest BCUT2D eigenvalue weighted by Gasteiger charge is 2.15. The van der Waals surface area contributed by atoms with Gasteiger partial charge in [-0.15, -0.1) is 0 Å². The van der Waals surface area contributed by atoms with E-state index in [4.69, 9.17) is 10.8 Å². The summed E-state index contributed by atoms with van der Waals surface area (Å²) in [5.41, 5.74) is 8.04. The predicted octanol–water partition coefficient (Wildman–Crippen LogP) is 3.39. The van der Waals surface area contributed by atoms with Crippen molar-refractivity contribution in [3.8, 4) is 0 Å². The lowest BCUT2D eigenvalue weighted by atomic mass is 10.0. The maximum absolute atomic E-state index is 9.11. The number of unbranched alkanes of at least 4 members (excludes halogenated alkanes) is 5. The van der Waals surface area contributed by atoms with Gasteiger partial charge in [-0.05, 0) is 30.9 Å². The monoisotopic (exact) mass is 306 g/mol. The third-order valence-electron chi connectivity index (χ3n) is 4.06. The summed E-state index contributed by atoms with van der Waals surface area (Å²) in [4.78, 5) is 0. The molecule has 1 aromatic rings. The lowest BCUT2D eigenvalue weighted by Gasteiger charge is -2.22. The molecule has 0 aliphatic rings. The third-order valence-corrected chi connectivity index (χ3v) is 4.06. The fourth-order valence-corrected chi connectivity index (χ4v) is 2.48. The average molecular weight is 306 g/mol. The van der Waals surface area contributed by atoms with Gasteiger partial charge in [-0.25, -0.2) is 0 Å². The molecule has 3 heteroatoms. The van der Waals surface area contributed by atoms with Gasteiger partial charge in [0.05, 0.1) is 6.61 Å². The number of hydrogen-bond donors (Lipinski definition) is 3. The summed E-state index contributed by atoms with van der Waals surface area (Å²) in [5, 5.41) is 12.4. The molecule has 0 spiro atoms. The first kappa shape index (κ1) is 19.1. The van der Waals surface area contributed by atoms with Crippen LogP contribution >= 0.6 is 0 Å². The van der Waals surface area contributed by atoms with Crippen LogP contribution in [0.2, 0.25) is 0 Å². The van der Waals surface area contributed by atoms with Crippen molar-refractivity contribution in [1.29, 1.82) is 0 Å². The van der Waals surface area contributed by atoms with Crippen molar-refractivity contribution in [3.05, 3.63) is 35.4 Å². The third kappa shape index (κ3) is 8.52. The zero-order valence-corrected chi connectivity index (χ0v) is 14.4. The lowest BCUT2D eigenvalue weighted by Crippen LogP contribution is -2.48. The average Bonchev–Trinajstić information content (AvgIpc) is 2.52. The van der Waals surface area contributed by atoms with Crippen molar-refractivity contribution in [2.75, 3.05) is 13.2 Å². The Kier molecular flexibility index (Phi) is 9.37. The number of hydrogen-bond acceptors (Lipinski definition) is 3. The highest BCUT2D eigenvalue weighted by atomic mass is 16.3. The molecule has 0 aliphatic carbocycles. The molecule has 0 saturated heterocycles. The Morgan fingerprint density at radius 1 is 1.00 bits per heavy atom. The van der Waals surface area contributed by atoms with Gasteiger partial charge in [0, 0.05) is 18.6 Å². The van der Waals surface area contributed by atoms with Crippen LogP contribution in [0.1, 0.15) is 63.5 Å². The number of aliphatic hydroxyl groups excluding tert-OH is 1. The molecule has 0 aromatic heterocycles. The summed E-state index contributed by atoms with van der Waals surface area (Å²) >= 11 is 0. The molecule has 0 bridgehead atoms. The molecule has 0 radical (unpaired) electrons. The zero-order valence-electron chi connectivity index (χ0n) is 14.4. The van der Waals surface area contributed by atoms with Crippen molar-refractivity contribution in [1.82, 2.24) is 5.32 Å². The molecule has 0 fully saturated rings. The van der Waals surface area contributed by atoms with Crippen LogP contribution in [0, 0.1) is 0 Å². The molecule has 1 aromatic carbocycles. The van der Waals surface area contributed by atoms with Crippen LogP contribution in [0.4, 0.5) is 0 Å². The summed E-state index contributed by atoms with van der Waals surface area (Å²) in [6.45, 7) is 5.52. The quantitative estimate of drug-likeness (QED) is 0.519. The van der Waals surface area contributed by atoms with Crippen LogP contribution in [0.3, 0.4) is 0 Å². The van der Waals surface area contributed by atoms with Gasteiger partial charge in [-0.3, -0.25) is 0 Å². The molecule has 22 heavy (non-hydrogen) atoms. The molecule has 0 saturated carbocycles. The molecule has 4 N–H and O–H groups in total. The van der Waals surface area contributed by atoms with Crippen LogP contribution in [-0.2, 0) is 13.0 Å². The number of rotatable bonds is 12. The van der Waals surface area contributed by atoms with E-state index in [9.17, 15) is 0 Å². The Labute approximate surface area is 136 Å². The van der Waals surface area contributed by atoms with E-state index in [-0.39, 0.29) is 6.61 Å². The molecule has 0 aliphatic heterocycles. The molecule has 1 unspecified atom stereocenters. The molecule has 1 atom stereocenters. The van der Waals surface area contributed by atoms with Crippen molar-refractivity contribution in [3.63, 3.8) is 0 Å². The van der Waals surface area contributed by atoms with E-state index < -0.39 is 5.54 Å². The smallest absolute Gasteiger partial charge is 0.0620 e. The second kappa shape index (κ2) is 10.8. The summed E-state index contributed by atoms with van der Waals surface area (Å²) in [6, 6.07) is 8.84. The van der Waals surface area contributed by atoms with Crippen molar-refractivity contribution >= 4 is 0 Å². The first-order valence-electron chi connectivity index (χ1n) is 8.75. The summed E-state index contributed by atoms with van der Waals surface area (Å²) in [6.07, 6.45) is 9.28.